The van der Waals surface area contributed by atoms with Crippen molar-refractivity contribution in [1.82, 2.24) is 9.97 Å². The second-order valence-corrected chi connectivity index (χ2v) is 5.72. The Kier molecular flexibility index (Phi) is 3.61. The lowest BCUT2D eigenvalue weighted by Gasteiger charge is -2.09. The number of carbonyl (C=O) groups is 1. The SMILES string of the molecule is O=Cc1ccc(Cl)c2c(-c3ccc(Br)cc3)[nH]c(=O)nc12. The molecule has 0 radical (unpaired) electrons. The zero-order valence-corrected chi connectivity index (χ0v) is 12.9. The van der Waals surface area contributed by atoms with E-state index in [9.17, 15) is 9.59 Å². The summed E-state index contributed by atoms with van der Waals surface area (Å²) in [5, 5.41) is 0.987. The molecule has 1 heterocycles. The second-order valence-electron chi connectivity index (χ2n) is 4.40. The summed E-state index contributed by atoms with van der Waals surface area (Å²) in [6.07, 6.45) is 0.663. The molecule has 0 aliphatic rings. The largest absolute Gasteiger partial charge is 0.346 e. The molecule has 21 heavy (non-hydrogen) atoms. The number of benzene rings is 2. The van der Waals surface area contributed by atoms with Gasteiger partial charge in [-0.3, -0.25) is 4.79 Å². The Hall–Kier alpha value is -1.98. The van der Waals surface area contributed by atoms with Gasteiger partial charge in [0.15, 0.2) is 6.29 Å². The highest BCUT2D eigenvalue weighted by Gasteiger charge is 2.13. The first-order valence-electron chi connectivity index (χ1n) is 6.04. The van der Waals surface area contributed by atoms with E-state index in [1.807, 2.05) is 24.3 Å². The van der Waals surface area contributed by atoms with Gasteiger partial charge >= 0.3 is 5.69 Å². The van der Waals surface area contributed by atoms with Gasteiger partial charge in [0.1, 0.15) is 0 Å². The highest BCUT2D eigenvalue weighted by molar-refractivity contribution is 9.10. The van der Waals surface area contributed by atoms with E-state index in [-0.39, 0.29) is 0 Å². The number of rotatable bonds is 2. The zero-order chi connectivity index (χ0) is 15.0. The van der Waals surface area contributed by atoms with Crippen molar-refractivity contribution in [2.24, 2.45) is 0 Å². The number of aromatic amines is 1. The van der Waals surface area contributed by atoms with Crippen molar-refractivity contribution in [2.45, 2.75) is 0 Å². The molecule has 0 saturated carbocycles. The average Bonchev–Trinajstić information content (AvgIpc) is 2.47. The monoisotopic (exact) mass is 362 g/mol. The number of carbonyl (C=O) groups excluding carboxylic acids is 1. The first-order chi connectivity index (χ1) is 10.1. The van der Waals surface area contributed by atoms with Crippen LogP contribution >= 0.6 is 27.5 Å². The molecule has 104 valence electrons. The predicted octanol–water partition coefficient (Wildman–Crippen LogP) is 3.82. The smallest absolute Gasteiger partial charge is 0.305 e. The summed E-state index contributed by atoms with van der Waals surface area (Å²) in [6.45, 7) is 0. The molecule has 1 aromatic heterocycles. The zero-order valence-electron chi connectivity index (χ0n) is 10.6. The molecule has 0 amide bonds. The summed E-state index contributed by atoms with van der Waals surface area (Å²) in [5.74, 6) is 0. The van der Waals surface area contributed by atoms with Crippen molar-refractivity contribution in [3.05, 3.63) is 61.9 Å². The van der Waals surface area contributed by atoms with Gasteiger partial charge in [0, 0.05) is 15.4 Å². The maximum Gasteiger partial charge on any atom is 0.346 e. The van der Waals surface area contributed by atoms with Gasteiger partial charge < -0.3 is 4.98 Å². The number of aromatic nitrogens is 2. The topological polar surface area (TPSA) is 62.8 Å². The molecule has 0 aliphatic heterocycles. The lowest BCUT2D eigenvalue weighted by molar-refractivity contribution is 0.112. The number of nitrogens with zero attached hydrogens (tertiary/aromatic N) is 1. The molecule has 3 aromatic rings. The minimum absolute atomic E-state index is 0.305. The van der Waals surface area contributed by atoms with Crippen molar-refractivity contribution < 1.29 is 4.79 Å². The summed E-state index contributed by atoms with van der Waals surface area (Å²) in [5.41, 5.74) is 1.45. The summed E-state index contributed by atoms with van der Waals surface area (Å²) in [4.78, 5) is 29.5. The van der Waals surface area contributed by atoms with Gasteiger partial charge in [-0.05, 0) is 29.8 Å². The van der Waals surface area contributed by atoms with Crippen LogP contribution in [-0.2, 0) is 0 Å². The molecule has 0 unspecified atom stereocenters. The van der Waals surface area contributed by atoms with Crippen molar-refractivity contribution in [2.75, 3.05) is 0 Å². The van der Waals surface area contributed by atoms with E-state index in [1.165, 1.54) is 0 Å². The number of hydrogen-bond donors (Lipinski definition) is 1. The van der Waals surface area contributed by atoms with Crippen LogP contribution in [-0.4, -0.2) is 16.3 Å². The van der Waals surface area contributed by atoms with Crippen LogP contribution in [0.15, 0.2) is 45.7 Å². The van der Waals surface area contributed by atoms with Crippen LogP contribution in [0.2, 0.25) is 5.02 Å². The van der Waals surface area contributed by atoms with Crippen LogP contribution in [0.25, 0.3) is 22.2 Å². The number of halogens is 2. The quantitative estimate of drug-likeness (QED) is 0.704. The number of aldehydes is 1. The molecule has 2 aromatic carbocycles. The Bertz CT molecular complexity index is 904. The Labute approximate surface area is 132 Å². The molecular weight excluding hydrogens is 356 g/mol. The fraction of sp³-hybridized carbons (Fsp3) is 0. The molecule has 0 saturated heterocycles. The standard InChI is InChI=1S/C15H8BrClN2O2/c16-10-4-1-8(2-5-10)13-12-11(17)6-3-9(7-20)14(12)19-15(21)18-13/h1-7H,(H,18,19,21). The predicted molar refractivity (Wildman–Crippen MR) is 85.9 cm³/mol. The Balaban J connectivity index is 2.45. The summed E-state index contributed by atoms with van der Waals surface area (Å²) in [7, 11) is 0. The Morgan fingerprint density at radius 2 is 1.86 bits per heavy atom. The van der Waals surface area contributed by atoms with Gasteiger partial charge in [-0.2, -0.15) is 4.98 Å². The summed E-state index contributed by atoms with van der Waals surface area (Å²) < 4.78 is 0.923. The maximum absolute atomic E-state index is 11.8. The van der Waals surface area contributed by atoms with Gasteiger partial charge in [-0.1, -0.05) is 39.7 Å². The Morgan fingerprint density at radius 1 is 1.14 bits per heavy atom. The lowest BCUT2D eigenvalue weighted by atomic mass is 10.0. The third kappa shape index (κ3) is 2.50. The summed E-state index contributed by atoms with van der Waals surface area (Å²) >= 11 is 9.60. The average molecular weight is 364 g/mol. The van der Waals surface area contributed by atoms with Crippen LogP contribution in [0.4, 0.5) is 0 Å². The molecule has 3 rings (SSSR count). The van der Waals surface area contributed by atoms with Crippen LogP contribution in [0.1, 0.15) is 10.4 Å². The van der Waals surface area contributed by atoms with Crippen LogP contribution in [0, 0.1) is 0 Å². The fourth-order valence-electron chi connectivity index (χ4n) is 2.17. The molecule has 0 fully saturated rings. The van der Waals surface area contributed by atoms with Gasteiger partial charge in [0.25, 0.3) is 0 Å². The molecule has 1 N–H and O–H groups in total. The van der Waals surface area contributed by atoms with Crippen LogP contribution < -0.4 is 5.69 Å². The molecule has 6 heteroatoms. The minimum atomic E-state index is -0.522. The van der Waals surface area contributed by atoms with E-state index in [4.69, 9.17) is 11.6 Å². The number of hydrogen-bond acceptors (Lipinski definition) is 3. The molecule has 0 bridgehead atoms. The van der Waals surface area contributed by atoms with Crippen LogP contribution in [0.5, 0.6) is 0 Å². The highest BCUT2D eigenvalue weighted by Crippen LogP contribution is 2.32. The van der Waals surface area contributed by atoms with Gasteiger partial charge in [0.05, 0.1) is 16.2 Å². The van der Waals surface area contributed by atoms with E-state index in [0.717, 1.165) is 10.0 Å². The van der Waals surface area contributed by atoms with Gasteiger partial charge in [-0.25, -0.2) is 4.79 Å². The normalized spacial score (nSPS) is 10.8. The number of nitrogens with one attached hydrogen (secondary N) is 1. The van der Waals surface area contributed by atoms with E-state index in [1.54, 1.807) is 12.1 Å². The molecule has 0 spiro atoms. The van der Waals surface area contributed by atoms with Gasteiger partial charge in [0.2, 0.25) is 0 Å². The van der Waals surface area contributed by atoms with E-state index >= 15 is 0 Å². The third-order valence-electron chi connectivity index (χ3n) is 3.11. The van der Waals surface area contributed by atoms with E-state index in [2.05, 4.69) is 25.9 Å². The van der Waals surface area contributed by atoms with Gasteiger partial charge in [-0.15, -0.1) is 0 Å². The lowest BCUT2D eigenvalue weighted by Crippen LogP contribution is -2.12. The van der Waals surface area contributed by atoms with Crippen molar-refractivity contribution in [3.8, 4) is 11.3 Å². The summed E-state index contributed by atoms with van der Waals surface area (Å²) in [6, 6.07) is 10.6. The van der Waals surface area contributed by atoms with E-state index in [0.29, 0.717) is 33.5 Å². The molecule has 4 nitrogen and oxygen atoms in total. The minimum Gasteiger partial charge on any atom is -0.305 e. The Morgan fingerprint density at radius 3 is 2.52 bits per heavy atom. The second kappa shape index (κ2) is 5.42. The van der Waals surface area contributed by atoms with E-state index < -0.39 is 5.69 Å². The van der Waals surface area contributed by atoms with Crippen molar-refractivity contribution in [3.63, 3.8) is 0 Å². The number of fused-ring (bicyclic) bond motifs is 1. The third-order valence-corrected chi connectivity index (χ3v) is 3.96. The first-order valence-corrected chi connectivity index (χ1v) is 7.21. The molecule has 0 aliphatic carbocycles. The highest BCUT2D eigenvalue weighted by atomic mass is 79.9. The van der Waals surface area contributed by atoms with Crippen LogP contribution in [0.3, 0.4) is 0 Å². The first kappa shape index (κ1) is 14.0. The van der Waals surface area contributed by atoms with Crippen molar-refractivity contribution in [1.29, 1.82) is 0 Å². The number of H-pyrrole nitrogens is 1. The maximum atomic E-state index is 11.8. The van der Waals surface area contributed by atoms with Crippen molar-refractivity contribution >= 4 is 44.7 Å². The molecular formula is C15H8BrClN2O2. The molecule has 0 atom stereocenters. The fourth-order valence-corrected chi connectivity index (χ4v) is 2.68.